The topological polar surface area (TPSA) is 54.0 Å². The third-order valence-electron chi connectivity index (χ3n) is 2.66. The van der Waals surface area contributed by atoms with Gasteiger partial charge in [0.25, 0.3) is 5.91 Å². The van der Waals surface area contributed by atoms with Crippen molar-refractivity contribution in [1.82, 2.24) is 4.98 Å². The highest BCUT2D eigenvalue weighted by Gasteiger charge is 2.07. The fraction of sp³-hybridized carbons (Fsp3) is 0.143. The lowest BCUT2D eigenvalue weighted by Gasteiger charge is -2.08. The molecule has 4 heteroatoms. The summed E-state index contributed by atoms with van der Waals surface area (Å²) in [5, 5.41) is 5.82. The maximum Gasteiger partial charge on any atom is 0.256 e. The zero-order chi connectivity index (χ0) is 13.0. The maximum absolute atomic E-state index is 12.0. The Morgan fingerprint density at radius 3 is 2.67 bits per heavy atom. The number of aryl methyl sites for hydroxylation is 1. The first-order valence-corrected chi connectivity index (χ1v) is 5.71. The SMILES string of the molecule is CNc1ccc(C(=O)Nc2ccccn2)cc1C. The molecule has 0 atom stereocenters. The average Bonchev–Trinajstić information content (AvgIpc) is 2.39. The summed E-state index contributed by atoms with van der Waals surface area (Å²) in [7, 11) is 1.86. The maximum atomic E-state index is 12.0. The molecule has 2 N–H and O–H groups in total. The van der Waals surface area contributed by atoms with Crippen molar-refractivity contribution in [3.05, 3.63) is 53.7 Å². The molecule has 0 fully saturated rings. The quantitative estimate of drug-likeness (QED) is 0.868. The normalized spacial score (nSPS) is 9.89. The monoisotopic (exact) mass is 241 g/mol. The summed E-state index contributed by atoms with van der Waals surface area (Å²) in [4.78, 5) is 16.1. The van der Waals surface area contributed by atoms with Crippen molar-refractivity contribution in [3.63, 3.8) is 0 Å². The van der Waals surface area contributed by atoms with Crippen molar-refractivity contribution in [1.29, 1.82) is 0 Å². The largest absolute Gasteiger partial charge is 0.388 e. The van der Waals surface area contributed by atoms with Crippen LogP contribution in [-0.2, 0) is 0 Å². The van der Waals surface area contributed by atoms with E-state index in [4.69, 9.17) is 0 Å². The molecule has 0 spiro atoms. The molecule has 2 rings (SSSR count). The van der Waals surface area contributed by atoms with Crippen LogP contribution in [0.15, 0.2) is 42.6 Å². The number of nitrogens with one attached hydrogen (secondary N) is 2. The minimum atomic E-state index is -0.153. The van der Waals surface area contributed by atoms with Gasteiger partial charge < -0.3 is 10.6 Å². The second kappa shape index (κ2) is 5.31. The van der Waals surface area contributed by atoms with Crippen LogP contribution >= 0.6 is 0 Å². The lowest BCUT2D eigenvalue weighted by molar-refractivity contribution is 0.102. The summed E-state index contributed by atoms with van der Waals surface area (Å²) < 4.78 is 0. The molecular formula is C14H15N3O. The van der Waals surface area contributed by atoms with E-state index in [1.807, 2.05) is 38.2 Å². The molecule has 0 unspecified atom stereocenters. The second-order valence-electron chi connectivity index (χ2n) is 3.95. The minimum Gasteiger partial charge on any atom is -0.388 e. The predicted molar refractivity (Wildman–Crippen MR) is 72.9 cm³/mol. The molecule has 0 saturated carbocycles. The van der Waals surface area contributed by atoms with Gasteiger partial charge in [0.2, 0.25) is 0 Å². The Balaban J connectivity index is 2.17. The number of nitrogens with zero attached hydrogens (tertiary/aromatic N) is 1. The minimum absolute atomic E-state index is 0.153. The third-order valence-corrected chi connectivity index (χ3v) is 2.66. The van der Waals surface area contributed by atoms with Gasteiger partial charge in [-0.3, -0.25) is 4.79 Å². The average molecular weight is 241 g/mol. The second-order valence-corrected chi connectivity index (χ2v) is 3.95. The molecule has 2 aromatic rings. The number of hydrogen-bond donors (Lipinski definition) is 2. The summed E-state index contributed by atoms with van der Waals surface area (Å²) in [6.45, 7) is 1.96. The number of benzene rings is 1. The molecule has 4 nitrogen and oxygen atoms in total. The zero-order valence-electron chi connectivity index (χ0n) is 10.4. The molecular weight excluding hydrogens is 226 g/mol. The third kappa shape index (κ3) is 2.66. The highest BCUT2D eigenvalue weighted by Crippen LogP contribution is 2.16. The van der Waals surface area contributed by atoms with Crippen molar-refractivity contribution in [2.45, 2.75) is 6.92 Å². The van der Waals surface area contributed by atoms with Gasteiger partial charge in [0.05, 0.1) is 0 Å². The molecule has 1 aromatic carbocycles. The van der Waals surface area contributed by atoms with Crippen LogP contribution in [0.3, 0.4) is 0 Å². The van der Waals surface area contributed by atoms with Crippen molar-refractivity contribution in [2.24, 2.45) is 0 Å². The Kier molecular flexibility index (Phi) is 3.57. The summed E-state index contributed by atoms with van der Waals surface area (Å²) in [6.07, 6.45) is 1.64. The van der Waals surface area contributed by atoms with E-state index in [1.165, 1.54) is 0 Å². The van der Waals surface area contributed by atoms with Crippen LogP contribution in [0.1, 0.15) is 15.9 Å². The van der Waals surface area contributed by atoms with Crippen LogP contribution in [0.5, 0.6) is 0 Å². The van der Waals surface area contributed by atoms with E-state index < -0.39 is 0 Å². The first-order chi connectivity index (χ1) is 8.70. The van der Waals surface area contributed by atoms with E-state index in [9.17, 15) is 4.79 Å². The molecule has 0 bridgehead atoms. The number of carbonyl (C=O) groups excluding carboxylic acids is 1. The van der Waals surface area contributed by atoms with Crippen LogP contribution in [0, 0.1) is 6.92 Å². The molecule has 92 valence electrons. The molecule has 1 heterocycles. The first kappa shape index (κ1) is 12.1. The van der Waals surface area contributed by atoms with Gasteiger partial charge in [-0.15, -0.1) is 0 Å². The van der Waals surface area contributed by atoms with Crippen LogP contribution in [0.2, 0.25) is 0 Å². The number of amides is 1. The van der Waals surface area contributed by atoms with E-state index in [0.29, 0.717) is 11.4 Å². The summed E-state index contributed by atoms with van der Waals surface area (Å²) >= 11 is 0. The van der Waals surface area contributed by atoms with Crippen LogP contribution < -0.4 is 10.6 Å². The lowest BCUT2D eigenvalue weighted by Crippen LogP contribution is -2.13. The lowest BCUT2D eigenvalue weighted by atomic mass is 10.1. The van der Waals surface area contributed by atoms with Gasteiger partial charge in [-0.2, -0.15) is 0 Å². The molecule has 0 aliphatic carbocycles. The van der Waals surface area contributed by atoms with E-state index in [1.54, 1.807) is 18.3 Å². The summed E-state index contributed by atoms with van der Waals surface area (Å²) in [6, 6.07) is 10.9. The molecule has 0 aliphatic rings. The van der Waals surface area contributed by atoms with Gasteiger partial charge in [0, 0.05) is 24.5 Å². The molecule has 1 amide bonds. The Morgan fingerprint density at radius 2 is 2.06 bits per heavy atom. The van der Waals surface area contributed by atoms with Gasteiger partial charge in [-0.1, -0.05) is 6.07 Å². The van der Waals surface area contributed by atoms with Crippen molar-refractivity contribution in [2.75, 3.05) is 17.7 Å². The van der Waals surface area contributed by atoms with Gasteiger partial charge in [0.15, 0.2) is 0 Å². The van der Waals surface area contributed by atoms with E-state index in [2.05, 4.69) is 15.6 Å². The fourth-order valence-corrected chi connectivity index (χ4v) is 1.71. The van der Waals surface area contributed by atoms with Gasteiger partial charge >= 0.3 is 0 Å². The summed E-state index contributed by atoms with van der Waals surface area (Å²) in [5.74, 6) is 0.400. The molecule has 18 heavy (non-hydrogen) atoms. The van der Waals surface area contributed by atoms with Crippen molar-refractivity contribution < 1.29 is 4.79 Å². The van der Waals surface area contributed by atoms with E-state index in [-0.39, 0.29) is 5.91 Å². The predicted octanol–water partition coefficient (Wildman–Crippen LogP) is 2.68. The van der Waals surface area contributed by atoms with E-state index in [0.717, 1.165) is 11.3 Å². The van der Waals surface area contributed by atoms with Crippen LogP contribution in [-0.4, -0.2) is 17.9 Å². The number of anilines is 2. The number of carbonyl (C=O) groups is 1. The number of aromatic nitrogens is 1. The van der Waals surface area contributed by atoms with Gasteiger partial charge in [-0.25, -0.2) is 4.98 Å². The van der Waals surface area contributed by atoms with Crippen LogP contribution in [0.25, 0.3) is 0 Å². The fourth-order valence-electron chi connectivity index (χ4n) is 1.71. The molecule has 0 radical (unpaired) electrons. The Hall–Kier alpha value is -2.36. The molecule has 1 aromatic heterocycles. The first-order valence-electron chi connectivity index (χ1n) is 5.71. The van der Waals surface area contributed by atoms with Gasteiger partial charge in [-0.05, 0) is 42.8 Å². The Bertz CT molecular complexity index is 552. The van der Waals surface area contributed by atoms with Gasteiger partial charge in [0.1, 0.15) is 5.82 Å². The number of rotatable bonds is 3. The Labute approximate surface area is 106 Å². The molecule has 0 aliphatic heterocycles. The summed E-state index contributed by atoms with van der Waals surface area (Å²) in [5.41, 5.74) is 2.67. The number of hydrogen-bond acceptors (Lipinski definition) is 3. The molecule has 0 saturated heterocycles. The highest BCUT2D eigenvalue weighted by atomic mass is 16.1. The van der Waals surface area contributed by atoms with Crippen molar-refractivity contribution in [3.8, 4) is 0 Å². The van der Waals surface area contributed by atoms with Crippen LogP contribution in [0.4, 0.5) is 11.5 Å². The van der Waals surface area contributed by atoms with E-state index >= 15 is 0 Å². The zero-order valence-corrected chi connectivity index (χ0v) is 10.4. The number of pyridine rings is 1. The smallest absolute Gasteiger partial charge is 0.256 e. The Morgan fingerprint density at radius 1 is 1.22 bits per heavy atom. The highest BCUT2D eigenvalue weighted by molar-refractivity contribution is 6.04. The van der Waals surface area contributed by atoms with Crippen molar-refractivity contribution >= 4 is 17.4 Å². The standard InChI is InChI=1S/C14H15N3O/c1-10-9-11(6-7-12(10)15-2)14(18)17-13-5-3-4-8-16-13/h3-9,15H,1-2H3,(H,16,17,18).